The van der Waals surface area contributed by atoms with Gasteiger partial charge in [-0.3, -0.25) is 14.5 Å². The molecule has 0 unspecified atom stereocenters. The molecule has 0 aliphatic carbocycles. The molecule has 1 aliphatic heterocycles. The number of hydrogen-bond donors (Lipinski definition) is 0. The number of aromatic nitrogens is 1. The number of esters is 1. The van der Waals surface area contributed by atoms with Crippen molar-refractivity contribution < 1.29 is 22.7 Å². The molecule has 0 saturated carbocycles. The fraction of sp³-hybridized carbons (Fsp3) is 0.241. The lowest BCUT2D eigenvalue weighted by Crippen LogP contribution is -2.49. The first-order valence-electron chi connectivity index (χ1n) is 12.3. The Morgan fingerprint density at radius 2 is 1.57 bits per heavy atom. The van der Waals surface area contributed by atoms with Crippen molar-refractivity contribution >= 4 is 32.7 Å². The van der Waals surface area contributed by atoms with Gasteiger partial charge in [-0.1, -0.05) is 66.7 Å². The summed E-state index contributed by atoms with van der Waals surface area (Å²) in [4.78, 5) is 28.1. The van der Waals surface area contributed by atoms with Crippen LogP contribution in [0.3, 0.4) is 0 Å². The molecule has 2 atom stereocenters. The molecule has 4 aromatic rings. The van der Waals surface area contributed by atoms with Gasteiger partial charge >= 0.3 is 5.97 Å². The highest BCUT2D eigenvalue weighted by atomic mass is 32.2. The van der Waals surface area contributed by atoms with Crippen molar-refractivity contribution in [1.82, 2.24) is 8.87 Å². The summed E-state index contributed by atoms with van der Waals surface area (Å²) < 4.78 is 33.9. The summed E-state index contributed by atoms with van der Waals surface area (Å²) >= 11 is 0. The van der Waals surface area contributed by atoms with Gasteiger partial charge in [0.2, 0.25) is 0 Å². The van der Waals surface area contributed by atoms with Crippen molar-refractivity contribution in [3.05, 3.63) is 102 Å². The van der Waals surface area contributed by atoms with Crippen LogP contribution in [0.4, 0.5) is 0 Å². The number of fused-ring (bicyclic) bond motifs is 1. The minimum absolute atomic E-state index is 0.0587. The molecule has 0 radical (unpaired) electrons. The number of Topliss-reactive ketones (excluding diaryl/α,β-unsaturated/α-hetero) is 1. The number of piperidine rings is 1. The van der Waals surface area contributed by atoms with Crippen LogP contribution in [0.1, 0.15) is 36.9 Å². The Labute approximate surface area is 216 Å². The molecule has 1 aliphatic rings. The van der Waals surface area contributed by atoms with Crippen LogP contribution < -0.4 is 0 Å². The third-order valence-electron chi connectivity index (χ3n) is 6.78. The molecule has 0 spiro atoms. The van der Waals surface area contributed by atoms with Crippen LogP contribution in [0.2, 0.25) is 0 Å². The SMILES string of the molecule is CCOC(=O)[C@@H]1CC(=O)C[C@@H](c2cn(S(=O)(=O)c3ccccc3)c3ccccc23)N1Cc1ccccc1. The number of rotatable bonds is 7. The van der Waals surface area contributed by atoms with E-state index in [2.05, 4.69) is 0 Å². The number of benzene rings is 3. The minimum atomic E-state index is -3.89. The van der Waals surface area contributed by atoms with Crippen molar-refractivity contribution in [1.29, 1.82) is 0 Å². The Kier molecular flexibility index (Phi) is 6.95. The summed E-state index contributed by atoms with van der Waals surface area (Å²) in [7, 11) is -3.89. The molecule has 2 heterocycles. The van der Waals surface area contributed by atoms with Crippen LogP contribution in [0.15, 0.2) is 96.0 Å². The van der Waals surface area contributed by atoms with Crippen LogP contribution in [0.25, 0.3) is 10.9 Å². The van der Waals surface area contributed by atoms with Gasteiger partial charge in [-0.2, -0.15) is 0 Å². The maximum atomic E-state index is 13.6. The van der Waals surface area contributed by atoms with Gasteiger partial charge in [0.15, 0.2) is 0 Å². The second-order valence-corrected chi connectivity index (χ2v) is 10.9. The second-order valence-electron chi connectivity index (χ2n) is 9.10. The van der Waals surface area contributed by atoms with Gasteiger partial charge < -0.3 is 4.74 Å². The van der Waals surface area contributed by atoms with E-state index in [-0.39, 0.29) is 30.1 Å². The molecule has 3 aromatic carbocycles. The molecule has 8 heteroatoms. The van der Waals surface area contributed by atoms with Crippen LogP contribution in [-0.2, 0) is 30.9 Å². The fourth-order valence-electron chi connectivity index (χ4n) is 5.07. The fourth-order valence-corrected chi connectivity index (χ4v) is 6.47. The van der Waals surface area contributed by atoms with Crippen molar-refractivity contribution in [3.8, 4) is 0 Å². The van der Waals surface area contributed by atoms with Gasteiger partial charge in [0.05, 0.1) is 17.0 Å². The maximum Gasteiger partial charge on any atom is 0.323 e. The average molecular weight is 517 g/mol. The highest BCUT2D eigenvalue weighted by Crippen LogP contribution is 2.39. The standard InChI is InChI=1S/C29H28N2O5S/c1-2-36-29(33)28-18-22(32)17-27(30(28)19-21-11-5-3-6-12-21)25-20-31(26-16-10-9-15-24(25)26)37(34,35)23-13-7-4-8-14-23/h3-16,20,27-28H,2,17-19H2,1H3/t27-,28-/m0/s1. The number of carbonyl (C=O) groups excluding carboxylic acids is 2. The van der Waals surface area contributed by atoms with Gasteiger partial charge in [0.25, 0.3) is 10.0 Å². The third-order valence-corrected chi connectivity index (χ3v) is 8.47. The van der Waals surface area contributed by atoms with Crippen LogP contribution in [-0.4, -0.2) is 41.7 Å². The molecule has 0 bridgehead atoms. The predicted molar refractivity (Wildman–Crippen MR) is 140 cm³/mol. The molecular weight excluding hydrogens is 488 g/mol. The molecule has 37 heavy (non-hydrogen) atoms. The number of ketones is 1. The van der Waals surface area contributed by atoms with E-state index in [1.165, 1.54) is 3.97 Å². The molecule has 5 rings (SSSR count). The van der Waals surface area contributed by atoms with Gasteiger partial charge in [0.1, 0.15) is 11.8 Å². The monoisotopic (exact) mass is 516 g/mol. The second kappa shape index (κ2) is 10.3. The smallest absolute Gasteiger partial charge is 0.323 e. The van der Waals surface area contributed by atoms with E-state index >= 15 is 0 Å². The van der Waals surface area contributed by atoms with Crippen molar-refractivity contribution in [2.45, 2.75) is 43.3 Å². The normalized spacial score (nSPS) is 18.7. The third kappa shape index (κ3) is 4.82. The van der Waals surface area contributed by atoms with Crippen LogP contribution in [0.5, 0.6) is 0 Å². The molecule has 1 saturated heterocycles. The van der Waals surface area contributed by atoms with E-state index in [1.54, 1.807) is 55.6 Å². The molecular formula is C29H28N2O5S. The summed E-state index contributed by atoms with van der Waals surface area (Å²) in [5, 5.41) is 0.724. The van der Waals surface area contributed by atoms with E-state index in [0.29, 0.717) is 17.6 Å². The van der Waals surface area contributed by atoms with E-state index in [1.807, 2.05) is 47.4 Å². The largest absolute Gasteiger partial charge is 0.465 e. The lowest BCUT2D eigenvalue weighted by molar-refractivity contribution is -0.155. The first kappa shape index (κ1) is 24.9. The summed E-state index contributed by atoms with van der Waals surface area (Å²) in [6.45, 7) is 2.36. The van der Waals surface area contributed by atoms with Crippen LogP contribution in [0, 0.1) is 0 Å². The van der Waals surface area contributed by atoms with Crippen LogP contribution >= 0.6 is 0 Å². The molecule has 0 amide bonds. The summed E-state index contributed by atoms with van der Waals surface area (Å²) in [5.74, 6) is -0.507. The van der Waals surface area contributed by atoms with Crippen molar-refractivity contribution in [3.63, 3.8) is 0 Å². The van der Waals surface area contributed by atoms with E-state index < -0.39 is 28.1 Å². The highest BCUT2D eigenvalue weighted by Gasteiger charge is 2.41. The van der Waals surface area contributed by atoms with Crippen molar-refractivity contribution in [2.75, 3.05) is 6.61 Å². The van der Waals surface area contributed by atoms with Gasteiger partial charge in [-0.15, -0.1) is 0 Å². The zero-order valence-corrected chi connectivity index (χ0v) is 21.3. The lowest BCUT2D eigenvalue weighted by atomic mass is 9.89. The Hall–Kier alpha value is -3.75. The number of carbonyl (C=O) groups is 2. The average Bonchev–Trinajstić information content (AvgIpc) is 3.31. The number of para-hydroxylation sites is 1. The van der Waals surface area contributed by atoms with E-state index in [0.717, 1.165) is 10.9 Å². The Bertz CT molecular complexity index is 1530. The van der Waals surface area contributed by atoms with E-state index in [9.17, 15) is 18.0 Å². The number of hydrogen-bond acceptors (Lipinski definition) is 6. The summed E-state index contributed by atoms with van der Waals surface area (Å²) in [6.07, 6.45) is 1.84. The molecule has 0 N–H and O–H groups in total. The Morgan fingerprint density at radius 1 is 0.919 bits per heavy atom. The number of likely N-dealkylation sites (tertiary alicyclic amines) is 1. The zero-order chi connectivity index (χ0) is 26.0. The number of nitrogens with zero attached hydrogens (tertiary/aromatic N) is 2. The maximum absolute atomic E-state index is 13.6. The van der Waals surface area contributed by atoms with Gasteiger partial charge in [-0.05, 0) is 36.2 Å². The highest BCUT2D eigenvalue weighted by molar-refractivity contribution is 7.90. The minimum Gasteiger partial charge on any atom is -0.465 e. The molecule has 1 fully saturated rings. The first-order chi connectivity index (χ1) is 17.9. The Balaban J connectivity index is 1.66. The van der Waals surface area contributed by atoms with Crippen molar-refractivity contribution in [2.24, 2.45) is 0 Å². The summed E-state index contributed by atoms with van der Waals surface area (Å²) in [5.41, 5.74) is 2.19. The molecule has 7 nitrogen and oxygen atoms in total. The molecule has 1 aromatic heterocycles. The first-order valence-corrected chi connectivity index (χ1v) is 13.7. The summed E-state index contributed by atoms with van der Waals surface area (Å²) in [6, 6.07) is 24.0. The number of ether oxygens (including phenoxy) is 1. The lowest BCUT2D eigenvalue weighted by Gasteiger charge is -2.40. The molecule has 190 valence electrons. The topological polar surface area (TPSA) is 85.7 Å². The van der Waals surface area contributed by atoms with Gasteiger partial charge in [0, 0.05) is 37.0 Å². The zero-order valence-electron chi connectivity index (χ0n) is 20.5. The predicted octanol–water partition coefficient (Wildman–Crippen LogP) is 4.72. The van der Waals surface area contributed by atoms with Gasteiger partial charge in [-0.25, -0.2) is 12.4 Å². The van der Waals surface area contributed by atoms with E-state index in [4.69, 9.17) is 4.74 Å². The quantitative estimate of drug-likeness (QED) is 0.331. The Morgan fingerprint density at radius 3 is 2.27 bits per heavy atom.